The molecule has 1 aromatic rings. The van der Waals surface area contributed by atoms with Gasteiger partial charge in [0.15, 0.2) is 0 Å². The Bertz CT molecular complexity index is 1140. The molecule has 39 heavy (non-hydrogen) atoms. The SMILES string of the molecule is CO[C@@H]1C[C@H]2[C@@H]3CC[C@H]([C@H](C)/C=C(/[C@H](C)C(C)C)[S@@](=O)c4ccc(C)cc4)[C@@]3(C)CC[C@@H]2[C@@]2(C)CC[C@@H]3C[C@]312. The molecule has 216 valence electrons. The molecule has 5 aliphatic rings. The van der Waals surface area contributed by atoms with Crippen LogP contribution in [-0.4, -0.2) is 17.4 Å². The monoisotopic (exact) mass is 550 g/mol. The Morgan fingerprint density at radius 3 is 2.36 bits per heavy atom. The Morgan fingerprint density at radius 1 is 1.00 bits per heavy atom. The number of hydrogen-bond acceptors (Lipinski definition) is 2. The lowest BCUT2D eigenvalue weighted by Gasteiger charge is -2.61. The highest BCUT2D eigenvalue weighted by Crippen LogP contribution is 2.82. The summed E-state index contributed by atoms with van der Waals surface area (Å²) in [5, 5.41) is 0. The van der Waals surface area contributed by atoms with Crippen LogP contribution in [0.4, 0.5) is 0 Å². The summed E-state index contributed by atoms with van der Waals surface area (Å²) in [6.07, 6.45) is 14.1. The summed E-state index contributed by atoms with van der Waals surface area (Å²) in [6, 6.07) is 8.35. The van der Waals surface area contributed by atoms with Crippen LogP contribution in [-0.2, 0) is 15.5 Å². The van der Waals surface area contributed by atoms with Crippen molar-refractivity contribution in [2.24, 2.45) is 63.6 Å². The highest BCUT2D eigenvalue weighted by Gasteiger charge is 2.77. The molecule has 2 nitrogen and oxygen atoms in total. The summed E-state index contributed by atoms with van der Waals surface area (Å²) in [6.45, 7) is 16.7. The lowest BCUT2D eigenvalue weighted by atomic mass is 9.45. The second-order valence-electron chi connectivity index (χ2n) is 15.5. The molecule has 0 bridgehead atoms. The normalized spacial score (nSPS) is 45.2. The van der Waals surface area contributed by atoms with E-state index in [4.69, 9.17) is 4.74 Å². The van der Waals surface area contributed by atoms with Crippen LogP contribution in [0.1, 0.15) is 98.5 Å². The van der Waals surface area contributed by atoms with E-state index in [9.17, 15) is 4.21 Å². The summed E-state index contributed by atoms with van der Waals surface area (Å²) in [4.78, 5) is 2.10. The topological polar surface area (TPSA) is 26.3 Å². The molecular weight excluding hydrogens is 496 g/mol. The zero-order valence-corrected chi connectivity index (χ0v) is 26.8. The first-order valence-electron chi connectivity index (χ1n) is 16.2. The van der Waals surface area contributed by atoms with Crippen molar-refractivity contribution >= 4 is 10.8 Å². The third-order valence-electron chi connectivity index (χ3n) is 13.9. The zero-order chi connectivity index (χ0) is 27.9. The van der Waals surface area contributed by atoms with Gasteiger partial charge in [0.05, 0.1) is 16.9 Å². The molecule has 3 heteroatoms. The van der Waals surface area contributed by atoms with Crippen LogP contribution in [0.15, 0.2) is 40.1 Å². The van der Waals surface area contributed by atoms with Crippen molar-refractivity contribution in [2.45, 2.75) is 111 Å². The van der Waals surface area contributed by atoms with Crippen molar-refractivity contribution in [3.05, 3.63) is 40.8 Å². The second-order valence-corrected chi connectivity index (χ2v) is 17.0. The quantitative estimate of drug-likeness (QED) is 0.338. The van der Waals surface area contributed by atoms with Crippen molar-refractivity contribution in [1.82, 2.24) is 0 Å². The Kier molecular flexibility index (Phi) is 7.10. The minimum absolute atomic E-state index is 0.307. The number of hydrogen-bond donors (Lipinski definition) is 0. The van der Waals surface area contributed by atoms with Crippen molar-refractivity contribution in [1.29, 1.82) is 0 Å². The first-order valence-corrected chi connectivity index (χ1v) is 17.4. The third-order valence-corrected chi connectivity index (χ3v) is 15.5. The molecular formula is C36H54O2S. The van der Waals surface area contributed by atoms with Crippen LogP contribution in [0.25, 0.3) is 0 Å². The fourth-order valence-electron chi connectivity index (χ4n) is 11.4. The number of rotatable bonds is 7. The molecule has 0 saturated heterocycles. The predicted octanol–water partition coefficient (Wildman–Crippen LogP) is 9.20. The molecule has 1 spiro atoms. The lowest BCUT2D eigenvalue weighted by molar-refractivity contribution is -0.160. The molecule has 6 rings (SSSR count). The van der Waals surface area contributed by atoms with E-state index in [1.165, 1.54) is 56.9 Å². The average molecular weight is 551 g/mol. The van der Waals surface area contributed by atoms with E-state index >= 15 is 0 Å². The van der Waals surface area contributed by atoms with Crippen LogP contribution in [0.5, 0.6) is 0 Å². The molecule has 0 unspecified atom stereocenters. The fraction of sp³-hybridized carbons (Fsp3) is 0.778. The smallest absolute Gasteiger partial charge is 0.0808 e. The molecule has 5 fully saturated rings. The first-order chi connectivity index (χ1) is 18.5. The molecule has 0 N–H and O–H groups in total. The maximum atomic E-state index is 14.0. The van der Waals surface area contributed by atoms with E-state index in [0.717, 1.165) is 33.5 Å². The number of allylic oxidation sites excluding steroid dienone is 2. The summed E-state index contributed by atoms with van der Waals surface area (Å²) < 4.78 is 20.3. The zero-order valence-electron chi connectivity index (χ0n) is 26.0. The van der Waals surface area contributed by atoms with E-state index in [1.807, 2.05) is 7.11 Å². The van der Waals surface area contributed by atoms with Crippen LogP contribution in [0.2, 0.25) is 0 Å². The Morgan fingerprint density at radius 2 is 1.72 bits per heavy atom. The van der Waals surface area contributed by atoms with Gasteiger partial charge in [-0.05, 0) is 129 Å². The van der Waals surface area contributed by atoms with Gasteiger partial charge in [-0.2, -0.15) is 0 Å². The molecule has 5 saturated carbocycles. The van der Waals surface area contributed by atoms with Gasteiger partial charge in [-0.3, -0.25) is 0 Å². The second kappa shape index (κ2) is 9.82. The van der Waals surface area contributed by atoms with Gasteiger partial charge in [0.2, 0.25) is 0 Å². The lowest BCUT2D eigenvalue weighted by Crippen LogP contribution is -2.57. The van der Waals surface area contributed by atoms with E-state index in [2.05, 4.69) is 78.8 Å². The maximum absolute atomic E-state index is 14.0. The van der Waals surface area contributed by atoms with Crippen LogP contribution in [0, 0.1) is 70.5 Å². The van der Waals surface area contributed by atoms with Gasteiger partial charge in [-0.25, -0.2) is 4.21 Å². The molecule has 0 aliphatic heterocycles. The Labute approximate surface area is 241 Å². The van der Waals surface area contributed by atoms with Gasteiger partial charge in [0.1, 0.15) is 0 Å². The molecule has 1 aromatic carbocycles. The Balaban J connectivity index is 1.28. The summed E-state index contributed by atoms with van der Waals surface area (Å²) in [5.74, 6) is 5.37. The fourth-order valence-corrected chi connectivity index (χ4v) is 13.0. The molecule has 5 aliphatic carbocycles. The molecule has 0 amide bonds. The van der Waals surface area contributed by atoms with Gasteiger partial charge in [-0.15, -0.1) is 0 Å². The van der Waals surface area contributed by atoms with Gasteiger partial charge in [0, 0.05) is 22.3 Å². The predicted molar refractivity (Wildman–Crippen MR) is 163 cm³/mol. The standard InChI is InChI=1S/C36H54O2S/c1-22(2)25(5)32(39(37)27-11-9-23(3)10-12-27)19-24(4)29-13-14-30-28-20-33(38-8)36-21-26(36)15-18-35(36,7)31(28)16-17-34(29,30)6/h9-12,19,22,24-26,28-31,33H,13-18,20-21H2,1-8H3/b32-19-/t24-,25-,26-,28+,29-,30+,31+,33-,34-,35-,36+,39+/m1/s1. The van der Waals surface area contributed by atoms with E-state index in [0.29, 0.717) is 46.0 Å². The van der Waals surface area contributed by atoms with Crippen LogP contribution in [0.3, 0.4) is 0 Å². The largest absolute Gasteiger partial charge is 0.381 e. The highest BCUT2D eigenvalue weighted by atomic mass is 32.2. The average Bonchev–Trinajstić information content (AvgIpc) is 3.42. The molecule has 0 radical (unpaired) electrons. The number of methoxy groups -OCH3 is 1. The minimum Gasteiger partial charge on any atom is -0.381 e. The van der Waals surface area contributed by atoms with E-state index in [-0.39, 0.29) is 0 Å². The van der Waals surface area contributed by atoms with Gasteiger partial charge in [0.25, 0.3) is 0 Å². The highest BCUT2D eigenvalue weighted by molar-refractivity contribution is 7.89. The summed E-state index contributed by atoms with van der Waals surface area (Å²) >= 11 is 0. The van der Waals surface area contributed by atoms with Crippen molar-refractivity contribution in [2.75, 3.05) is 7.11 Å². The number of benzene rings is 1. The molecule has 0 aromatic heterocycles. The third kappa shape index (κ3) is 4.05. The maximum Gasteiger partial charge on any atom is 0.0808 e. The minimum atomic E-state index is -1.10. The van der Waals surface area contributed by atoms with Crippen molar-refractivity contribution in [3.63, 3.8) is 0 Å². The summed E-state index contributed by atoms with van der Waals surface area (Å²) in [7, 11) is 0.905. The van der Waals surface area contributed by atoms with E-state index in [1.54, 1.807) is 0 Å². The van der Waals surface area contributed by atoms with Crippen molar-refractivity contribution in [3.8, 4) is 0 Å². The summed E-state index contributed by atoms with van der Waals surface area (Å²) in [5.41, 5.74) is 2.61. The van der Waals surface area contributed by atoms with Crippen LogP contribution < -0.4 is 0 Å². The Hall–Kier alpha value is -0.930. The van der Waals surface area contributed by atoms with Gasteiger partial charge < -0.3 is 4.74 Å². The number of fused-ring (bicyclic) bond motifs is 4. The number of ether oxygens (including phenoxy) is 1. The molecule has 0 heterocycles. The van der Waals surface area contributed by atoms with Crippen molar-refractivity contribution < 1.29 is 8.95 Å². The van der Waals surface area contributed by atoms with E-state index < -0.39 is 10.8 Å². The molecule has 12 atom stereocenters. The number of aryl methyl sites for hydroxylation is 1. The van der Waals surface area contributed by atoms with Gasteiger partial charge >= 0.3 is 0 Å². The van der Waals surface area contributed by atoms with Gasteiger partial charge in [-0.1, -0.05) is 65.3 Å². The van der Waals surface area contributed by atoms with Crippen LogP contribution >= 0.6 is 0 Å². The first kappa shape index (κ1) is 28.2.